The summed E-state index contributed by atoms with van der Waals surface area (Å²) >= 11 is 0. The molecule has 0 radical (unpaired) electrons. The molecule has 1 aliphatic heterocycles. The van der Waals surface area contributed by atoms with Gasteiger partial charge in [-0.15, -0.1) is 0 Å². The molecule has 130 valence electrons. The van der Waals surface area contributed by atoms with Crippen molar-refractivity contribution in [3.05, 3.63) is 18.2 Å². The molecule has 1 N–H and O–H groups in total. The molecule has 0 saturated carbocycles. The topological polar surface area (TPSA) is 50.2 Å². The first-order valence-corrected chi connectivity index (χ1v) is 8.27. The van der Waals surface area contributed by atoms with E-state index in [2.05, 4.69) is 33.6 Å². The van der Waals surface area contributed by atoms with Crippen molar-refractivity contribution in [1.82, 2.24) is 19.8 Å². The van der Waals surface area contributed by atoms with Crippen LogP contribution in [0.1, 0.15) is 45.0 Å². The van der Waals surface area contributed by atoms with Gasteiger partial charge in [0.15, 0.2) is 0 Å². The third-order valence-corrected chi connectivity index (χ3v) is 4.32. The lowest BCUT2D eigenvalue weighted by Gasteiger charge is -2.32. The van der Waals surface area contributed by atoms with Gasteiger partial charge >= 0.3 is 6.43 Å². The standard InChI is InChI=1S/C16H26F2N4O/c1-12(2)22-9-7-19-14(22)11-21-8-3-4-13(10-21)5-6-20-16(23)15(17)18/h7,9,12-13,15H,3-6,8,10-11H2,1-2H3,(H,20,23)/t13-/m0/s1. The van der Waals surface area contributed by atoms with Crippen molar-refractivity contribution >= 4 is 5.91 Å². The molecule has 2 heterocycles. The second kappa shape index (κ2) is 8.38. The van der Waals surface area contributed by atoms with Crippen LogP contribution in [-0.4, -0.2) is 46.4 Å². The molecule has 0 spiro atoms. The van der Waals surface area contributed by atoms with Gasteiger partial charge in [-0.3, -0.25) is 9.69 Å². The summed E-state index contributed by atoms with van der Waals surface area (Å²) in [5.74, 6) is 0.326. The number of halogens is 2. The van der Waals surface area contributed by atoms with Gasteiger partial charge in [0.1, 0.15) is 5.82 Å². The lowest BCUT2D eigenvalue weighted by molar-refractivity contribution is -0.131. The van der Waals surface area contributed by atoms with Crippen LogP contribution in [0.5, 0.6) is 0 Å². The number of carbonyl (C=O) groups is 1. The van der Waals surface area contributed by atoms with Gasteiger partial charge in [-0.05, 0) is 45.6 Å². The highest BCUT2D eigenvalue weighted by atomic mass is 19.3. The van der Waals surface area contributed by atoms with Crippen molar-refractivity contribution in [2.24, 2.45) is 5.92 Å². The quantitative estimate of drug-likeness (QED) is 0.836. The molecule has 1 aromatic heterocycles. The molecule has 0 unspecified atom stereocenters. The summed E-state index contributed by atoms with van der Waals surface area (Å²) in [4.78, 5) is 17.7. The molecule has 1 aliphatic rings. The Balaban J connectivity index is 1.79. The molecule has 0 bridgehead atoms. The summed E-state index contributed by atoms with van der Waals surface area (Å²) in [7, 11) is 0. The first-order valence-electron chi connectivity index (χ1n) is 8.27. The number of piperidine rings is 1. The Labute approximate surface area is 136 Å². The molecule has 0 aromatic carbocycles. The summed E-state index contributed by atoms with van der Waals surface area (Å²) in [6.07, 6.45) is 3.83. The van der Waals surface area contributed by atoms with E-state index in [4.69, 9.17) is 0 Å². The zero-order valence-electron chi connectivity index (χ0n) is 13.8. The van der Waals surface area contributed by atoms with Gasteiger partial charge in [-0.1, -0.05) is 0 Å². The fraction of sp³-hybridized carbons (Fsp3) is 0.750. The third kappa shape index (κ3) is 5.27. The molecule has 1 saturated heterocycles. The van der Waals surface area contributed by atoms with Gasteiger partial charge in [-0.2, -0.15) is 8.78 Å². The van der Waals surface area contributed by atoms with Crippen molar-refractivity contribution in [3.63, 3.8) is 0 Å². The Morgan fingerprint density at radius 2 is 2.26 bits per heavy atom. The molecule has 5 nitrogen and oxygen atoms in total. The first-order chi connectivity index (χ1) is 11.0. The van der Waals surface area contributed by atoms with Crippen LogP contribution >= 0.6 is 0 Å². The number of imidazole rings is 1. The van der Waals surface area contributed by atoms with E-state index in [-0.39, 0.29) is 0 Å². The van der Waals surface area contributed by atoms with Gasteiger partial charge in [0, 0.05) is 31.5 Å². The first kappa shape index (κ1) is 17.8. The Bertz CT molecular complexity index is 504. The SMILES string of the molecule is CC(C)n1ccnc1CN1CCC[C@@H](CCNC(=O)C(F)F)C1. The summed E-state index contributed by atoms with van der Waals surface area (Å²) in [5, 5.41) is 2.29. The maximum absolute atomic E-state index is 12.1. The van der Waals surface area contributed by atoms with E-state index < -0.39 is 12.3 Å². The smallest absolute Gasteiger partial charge is 0.315 e. The number of carbonyl (C=O) groups excluding carboxylic acids is 1. The van der Waals surface area contributed by atoms with E-state index in [0.29, 0.717) is 18.5 Å². The van der Waals surface area contributed by atoms with Crippen molar-refractivity contribution in [2.75, 3.05) is 19.6 Å². The van der Waals surface area contributed by atoms with Crippen LogP contribution in [0.3, 0.4) is 0 Å². The lowest BCUT2D eigenvalue weighted by Crippen LogP contribution is -2.38. The number of aromatic nitrogens is 2. The zero-order valence-corrected chi connectivity index (χ0v) is 13.8. The number of amides is 1. The number of hydrogen-bond donors (Lipinski definition) is 1. The maximum atomic E-state index is 12.1. The predicted molar refractivity (Wildman–Crippen MR) is 84.2 cm³/mol. The van der Waals surface area contributed by atoms with E-state index in [1.165, 1.54) is 0 Å². The van der Waals surface area contributed by atoms with Crippen LogP contribution in [0.2, 0.25) is 0 Å². The van der Waals surface area contributed by atoms with Gasteiger partial charge in [0.05, 0.1) is 6.54 Å². The zero-order chi connectivity index (χ0) is 16.8. The molecule has 7 heteroatoms. The number of nitrogens with one attached hydrogen (secondary N) is 1. The fourth-order valence-corrected chi connectivity index (χ4v) is 3.14. The summed E-state index contributed by atoms with van der Waals surface area (Å²) in [5.41, 5.74) is 0. The van der Waals surface area contributed by atoms with Crippen LogP contribution in [0, 0.1) is 5.92 Å². The highest BCUT2D eigenvalue weighted by Crippen LogP contribution is 2.21. The van der Waals surface area contributed by atoms with Crippen LogP contribution in [0.25, 0.3) is 0 Å². The summed E-state index contributed by atoms with van der Waals surface area (Å²) < 4.78 is 26.5. The Morgan fingerprint density at radius 1 is 1.48 bits per heavy atom. The van der Waals surface area contributed by atoms with E-state index in [1.54, 1.807) is 0 Å². The van der Waals surface area contributed by atoms with Gasteiger partial charge in [-0.25, -0.2) is 4.98 Å². The second-order valence-corrected chi connectivity index (χ2v) is 6.47. The minimum Gasteiger partial charge on any atom is -0.351 e. The Kier molecular flexibility index (Phi) is 6.50. The van der Waals surface area contributed by atoms with Crippen LogP contribution in [-0.2, 0) is 11.3 Å². The summed E-state index contributed by atoms with van der Waals surface area (Å²) in [6, 6.07) is 0.387. The van der Waals surface area contributed by atoms with Crippen LogP contribution in [0.4, 0.5) is 8.78 Å². The van der Waals surface area contributed by atoms with Crippen molar-refractivity contribution in [3.8, 4) is 0 Å². The molecule has 2 rings (SSSR count). The Morgan fingerprint density at radius 3 is 2.96 bits per heavy atom. The highest BCUT2D eigenvalue weighted by Gasteiger charge is 2.22. The van der Waals surface area contributed by atoms with E-state index >= 15 is 0 Å². The fourth-order valence-electron chi connectivity index (χ4n) is 3.14. The molecule has 1 amide bonds. The minimum atomic E-state index is -2.92. The molecule has 1 fully saturated rings. The highest BCUT2D eigenvalue weighted by molar-refractivity contribution is 5.78. The Hall–Kier alpha value is -1.50. The lowest BCUT2D eigenvalue weighted by atomic mass is 9.95. The van der Waals surface area contributed by atoms with Gasteiger partial charge < -0.3 is 9.88 Å². The molecular formula is C16H26F2N4O. The average molecular weight is 328 g/mol. The van der Waals surface area contributed by atoms with Gasteiger partial charge in [0.25, 0.3) is 5.91 Å². The molecule has 1 atom stereocenters. The minimum absolute atomic E-state index is 0.322. The number of hydrogen-bond acceptors (Lipinski definition) is 3. The molecule has 23 heavy (non-hydrogen) atoms. The maximum Gasteiger partial charge on any atom is 0.315 e. The third-order valence-electron chi connectivity index (χ3n) is 4.32. The van der Waals surface area contributed by atoms with E-state index in [9.17, 15) is 13.6 Å². The molecule has 0 aliphatic carbocycles. The number of nitrogens with zero attached hydrogens (tertiary/aromatic N) is 3. The molecular weight excluding hydrogens is 302 g/mol. The average Bonchev–Trinajstić information content (AvgIpc) is 2.95. The van der Waals surface area contributed by atoms with Gasteiger partial charge in [0.2, 0.25) is 0 Å². The normalized spacial score (nSPS) is 19.5. The van der Waals surface area contributed by atoms with Crippen molar-refractivity contribution < 1.29 is 13.6 Å². The predicted octanol–water partition coefficient (Wildman–Crippen LogP) is 2.45. The van der Waals surface area contributed by atoms with Crippen LogP contribution in [0.15, 0.2) is 12.4 Å². The number of alkyl halides is 2. The van der Waals surface area contributed by atoms with E-state index in [1.807, 2.05) is 12.4 Å². The van der Waals surface area contributed by atoms with Crippen molar-refractivity contribution in [1.29, 1.82) is 0 Å². The number of rotatable bonds is 7. The van der Waals surface area contributed by atoms with Crippen LogP contribution < -0.4 is 5.32 Å². The second-order valence-electron chi connectivity index (χ2n) is 6.47. The largest absolute Gasteiger partial charge is 0.351 e. The molecule has 1 aromatic rings. The van der Waals surface area contributed by atoms with Crippen molar-refractivity contribution in [2.45, 2.75) is 52.1 Å². The number of likely N-dealkylation sites (tertiary alicyclic amines) is 1. The monoisotopic (exact) mass is 328 g/mol. The van der Waals surface area contributed by atoms with E-state index in [0.717, 1.165) is 44.7 Å². The summed E-state index contributed by atoms with van der Waals surface area (Å²) in [6.45, 7) is 7.36.